The lowest BCUT2D eigenvalue weighted by Crippen LogP contribution is -2.85. The van der Waals surface area contributed by atoms with Gasteiger partial charge in [0, 0.05) is 27.2 Å². The Morgan fingerprint density at radius 1 is 0.788 bits per heavy atom. The van der Waals surface area contributed by atoms with Gasteiger partial charge in [0.05, 0.1) is 34.9 Å². The number of esters is 6. The van der Waals surface area contributed by atoms with Crippen LogP contribution < -0.4 is 0 Å². The van der Waals surface area contributed by atoms with Gasteiger partial charge in [-0.15, -0.1) is 0 Å². The van der Waals surface area contributed by atoms with E-state index in [2.05, 4.69) is 0 Å². The van der Waals surface area contributed by atoms with Crippen LogP contribution in [-0.2, 0) is 52.3 Å². The highest BCUT2D eigenvalue weighted by Gasteiger charge is 2.89. The molecule has 15 heteroatoms. The predicted molar refractivity (Wildman–Crippen MR) is 175 cm³/mol. The van der Waals surface area contributed by atoms with E-state index in [4.69, 9.17) is 37.6 Å². The van der Waals surface area contributed by atoms with Gasteiger partial charge in [0.15, 0.2) is 17.8 Å². The van der Waals surface area contributed by atoms with E-state index >= 15 is 0 Å². The van der Waals surface area contributed by atoms with Crippen LogP contribution in [-0.4, -0.2) is 94.9 Å². The van der Waals surface area contributed by atoms with E-state index in [-0.39, 0.29) is 11.3 Å². The van der Waals surface area contributed by atoms with E-state index < -0.39 is 113 Å². The second-order valence-electron chi connectivity index (χ2n) is 14.5. The maximum absolute atomic E-state index is 14.2. The number of hydrogen-bond donors (Lipinski definition) is 1. The molecule has 0 amide bonds. The standard InChI is InChI=1S/C37H44O15/c1-19(2)31(41)46-18-36-28(48-21(4)39)25(47-20(3)38)17-35(8,44)37(36)29(49-22(5)40)26(34(6,7)52-37)27(50-33(43)24-15-12-16-45-24)30(36)51-32(42)23-13-10-9-11-14-23/h9-16,19,25-30,44H,17-18H2,1-8H3/t25-,26+,27+,28-,29+,30-,35-,36-,37-/m0/s1. The third-order valence-corrected chi connectivity index (χ3v) is 10.1. The van der Waals surface area contributed by atoms with Gasteiger partial charge in [0.2, 0.25) is 5.76 Å². The average Bonchev–Trinajstić information content (AvgIpc) is 3.65. The first-order valence-electron chi connectivity index (χ1n) is 16.9. The maximum Gasteiger partial charge on any atom is 0.374 e. The highest BCUT2D eigenvalue weighted by molar-refractivity contribution is 5.90. The van der Waals surface area contributed by atoms with Crippen molar-refractivity contribution in [3.05, 3.63) is 60.1 Å². The van der Waals surface area contributed by atoms with Crippen molar-refractivity contribution >= 4 is 35.8 Å². The molecule has 1 aromatic heterocycles. The number of benzene rings is 1. The second-order valence-corrected chi connectivity index (χ2v) is 14.5. The number of ether oxygens (including phenoxy) is 7. The summed E-state index contributed by atoms with van der Waals surface area (Å²) in [4.78, 5) is 80.0. The molecule has 1 saturated heterocycles. The van der Waals surface area contributed by atoms with Gasteiger partial charge in [-0.2, -0.15) is 0 Å². The fourth-order valence-electron chi connectivity index (χ4n) is 8.33. The minimum atomic E-state index is -2.34. The van der Waals surface area contributed by atoms with Gasteiger partial charge in [-0.25, -0.2) is 9.59 Å². The minimum Gasteiger partial charge on any atom is -0.464 e. The van der Waals surface area contributed by atoms with E-state index in [0.29, 0.717) is 0 Å². The van der Waals surface area contributed by atoms with Crippen LogP contribution in [0.5, 0.6) is 0 Å². The topological polar surface area (TPSA) is 200 Å². The molecule has 2 aliphatic carbocycles. The molecule has 2 heterocycles. The van der Waals surface area contributed by atoms with Gasteiger partial charge >= 0.3 is 35.8 Å². The summed E-state index contributed by atoms with van der Waals surface area (Å²) < 4.78 is 48.4. The van der Waals surface area contributed by atoms with E-state index in [1.165, 1.54) is 37.5 Å². The van der Waals surface area contributed by atoms with Crippen molar-refractivity contribution in [2.75, 3.05) is 6.61 Å². The number of carbonyl (C=O) groups excluding carboxylic acids is 6. The third-order valence-electron chi connectivity index (χ3n) is 10.1. The lowest BCUT2D eigenvalue weighted by molar-refractivity contribution is -0.363. The SMILES string of the molecule is CC(=O)O[C@H]1C[C@](C)(O)[C@]23OC(C)(C)[C@H]([C@@H](OC(=O)c4ccco4)[C@H](OC(=O)c4ccccc4)[C@]2(COC(=O)C(C)C)[C@H]1OC(C)=O)[C@H]3OC(C)=O. The largest absolute Gasteiger partial charge is 0.464 e. The fraction of sp³-hybridized carbons (Fsp3) is 0.568. The Balaban J connectivity index is 1.91. The predicted octanol–water partition coefficient (Wildman–Crippen LogP) is 3.34. The first-order valence-corrected chi connectivity index (χ1v) is 16.9. The van der Waals surface area contributed by atoms with Crippen molar-refractivity contribution in [3.63, 3.8) is 0 Å². The molecule has 2 saturated carbocycles. The molecule has 5 rings (SSSR count). The molecule has 0 unspecified atom stereocenters. The average molecular weight is 729 g/mol. The van der Waals surface area contributed by atoms with Crippen LogP contribution in [0.1, 0.15) is 82.7 Å². The summed E-state index contributed by atoms with van der Waals surface area (Å²) in [6.45, 7) is 10.1. The third kappa shape index (κ3) is 6.44. The zero-order valence-corrected chi connectivity index (χ0v) is 30.2. The van der Waals surface area contributed by atoms with E-state index in [1.54, 1.807) is 45.9 Å². The summed E-state index contributed by atoms with van der Waals surface area (Å²) in [5, 5.41) is 12.8. The van der Waals surface area contributed by atoms with Crippen molar-refractivity contribution in [3.8, 4) is 0 Å². The van der Waals surface area contributed by atoms with Crippen molar-refractivity contribution in [2.45, 2.75) is 109 Å². The maximum atomic E-state index is 14.2. The Bertz CT molecular complexity index is 1700. The number of rotatable bonds is 10. The molecule has 3 fully saturated rings. The normalized spacial score (nSPS) is 32.9. The van der Waals surface area contributed by atoms with Crippen molar-refractivity contribution in [1.82, 2.24) is 0 Å². The number of hydrogen-bond acceptors (Lipinski definition) is 15. The fourth-order valence-corrected chi connectivity index (χ4v) is 8.33. The zero-order valence-electron chi connectivity index (χ0n) is 30.2. The highest BCUT2D eigenvalue weighted by Crippen LogP contribution is 2.69. The summed E-state index contributed by atoms with van der Waals surface area (Å²) in [5.74, 6) is -7.47. The molecule has 1 aliphatic heterocycles. The first kappa shape index (κ1) is 38.5. The van der Waals surface area contributed by atoms with Crippen molar-refractivity contribution in [1.29, 1.82) is 0 Å². The summed E-state index contributed by atoms with van der Waals surface area (Å²) >= 11 is 0. The minimum absolute atomic E-state index is 0.0553. The first-order chi connectivity index (χ1) is 24.3. The van der Waals surface area contributed by atoms with E-state index in [1.807, 2.05) is 0 Å². The van der Waals surface area contributed by atoms with Crippen molar-refractivity contribution < 1.29 is 71.4 Å². The Morgan fingerprint density at radius 3 is 1.96 bits per heavy atom. The molecule has 2 bridgehead atoms. The molecule has 1 aromatic carbocycles. The number of fused-ring (bicyclic) bond motifs is 1. The zero-order chi connectivity index (χ0) is 38.4. The quantitative estimate of drug-likeness (QED) is 0.276. The molecule has 52 heavy (non-hydrogen) atoms. The lowest BCUT2D eigenvalue weighted by Gasteiger charge is -2.66. The van der Waals surface area contributed by atoms with Gasteiger partial charge in [0.25, 0.3) is 0 Å². The van der Waals surface area contributed by atoms with Crippen LogP contribution in [0.15, 0.2) is 53.1 Å². The van der Waals surface area contributed by atoms with Crippen molar-refractivity contribution in [2.24, 2.45) is 17.3 Å². The Hall–Kier alpha value is -4.76. The van der Waals surface area contributed by atoms with Gasteiger partial charge in [-0.05, 0) is 45.0 Å². The number of furan rings is 1. The Labute approximate surface area is 300 Å². The molecule has 1 spiro atoms. The van der Waals surface area contributed by atoms with Crippen LogP contribution in [0.3, 0.4) is 0 Å². The van der Waals surface area contributed by atoms with E-state index in [0.717, 1.165) is 20.8 Å². The molecule has 0 radical (unpaired) electrons. The van der Waals surface area contributed by atoms with Crippen LogP contribution >= 0.6 is 0 Å². The summed E-state index contributed by atoms with van der Waals surface area (Å²) in [7, 11) is 0. The molecule has 9 atom stereocenters. The molecule has 3 aliphatic rings. The highest BCUT2D eigenvalue weighted by atomic mass is 16.7. The smallest absolute Gasteiger partial charge is 0.374 e. The lowest BCUT2D eigenvalue weighted by atomic mass is 9.45. The van der Waals surface area contributed by atoms with E-state index in [9.17, 15) is 33.9 Å². The Kier molecular flexibility index (Phi) is 10.4. The molecule has 282 valence electrons. The summed E-state index contributed by atoms with van der Waals surface area (Å²) in [6, 6.07) is 10.6. The monoisotopic (exact) mass is 728 g/mol. The molecular formula is C37H44O15. The van der Waals surface area contributed by atoms with Crippen LogP contribution in [0, 0.1) is 17.3 Å². The molecule has 2 aromatic rings. The Morgan fingerprint density at radius 2 is 1.40 bits per heavy atom. The van der Waals surface area contributed by atoms with Crippen LogP contribution in [0.2, 0.25) is 0 Å². The van der Waals surface area contributed by atoms with Crippen LogP contribution in [0.25, 0.3) is 0 Å². The van der Waals surface area contributed by atoms with Gasteiger partial charge in [0.1, 0.15) is 30.3 Å². The summed E-state index contributed by atoms with van der Waals surface area (Å²) in [6.07, 6.45) is -7.49. The number of carbonyl (C=O) groups is 6. The second kappa shape index (κ2) is 14.0. The molecule has 15 nitrogen and oxygen atoms in total. The van der Waals surface area contributed by atoms with Crippen LogP contribution in [0.4, 0.5) is 0 Å². The molecular weight excluding hydrogens is 684 g/mol. The molecule has 1 N–H and O–H groups in total. The van der Waals surface area contributed by atoms with Gasteiger partial charge in [-0.3, -0.25) is 19.2 Å². The van der Waals surface area contributed by atoms with Gasteiger partial charge < -0.3 is 42.7 Å². The number of aliphatic hydroxyl groups is 1. The van der Waals surface area contributed by atoms with Gasteiger partial charge in [-0.1, -0.05) is 32.0 Å². The summed E-state index contributed by atoms with van der Waals surface area (Å²) in [5.41, 5.74) is -8.25.